The van der Waals surface area contributed by atoms with Gasteiger partial charge in [-0.05, 0) is 37.8 Å². The van der Waals surface area contributed by atoms with Gasteiger partial charge in [-0.1, -0.05) is 0 Å². The molecule has 1 aliphatic carbocycles. The Bertz CT molecular complexity index is 446. The molecule has 1 amide bonds. The molecule has 18 heavy (non-hydrogen) atoms. The predicted octanol–water partition coefficient (Wildman–Crippen LogP) is 0.947. The van der Waals surface area contributed by atoms with Crippen molar-refractivity contribution in [3.05, 3.63) is 23.9 Å². The Hall–Kier alpha value is -1.62. The Labute approximate surface area is 107 Å². The van der Waals surface area contributed by atoms with Gasteiger partial charge in [0.15, 0.2) is 0 Å². The molecule has 1 aromatic rings. The molecule has 1 aliphatic rings. The summed E-state index contributed by atoms with van der Waals surface area (Å²) < 4.78 is 5.09. The fraction of sp³-hybridized carbons (Fsp3) is 0.538. The van der Waals surface area contributed by atoms with E-state index in [1.165, 1.54) is 7.11 Å². The number of ether oxygens (including phenoxy) is 1. The van der Waals surface area contributed by atoms with Crippen molar-refractivity contribution < 1.29 is 9.53 Å². The summed E-state index contributed by atoms with van der Waals surface area (Å²) in [6.45, 7) is 2.43. The van der Waals surface area contributed by atoms with E-state index in [1.54, 1.807) is 18.3 Å². The number of aromatic nitrogens is 1. The van der Waals surface area contributed by atoms with Crippen LogP contribution >= 0.6 is 0 Å². The molecule has 0 saturated heterocycles. The van der Waals surface area contributed by atoms with Crippen LogP contribution in [-0.2, 0) is 0 Å². The molecule has 1 heterocycles. The zero-order chi connectivity index (χ0) is 13.2. The van der Waals surface area contributed by atoms with Crippen molar-refractivity contribution in [1.29, 1.82) is 0 Å². The van der Waals surface area contributed by atoms with Crippen LogP contribution in [0.4, 0.5) is 0 Å². The first-order valence-corrected chi connectivity index (χ1v) is 6.12. The van der Waals surface area contributed by atoms with Crippen LogP contribution in [0, 0.1) is 5.92 Å². The molecule has 1 unspecified atom stereocenters. The molecule has 5 nitrogen and oxygen atoms in total. The number of nitrogens with two attached hydrogens (primary N) is 1. The number of hydrogen-bond acceptors (Lipinski definition) is 4. The number of nitrogens with zero attached hydrogens (tertiary/aromatic N) is 1. The fourth-order valence-electron chi connectivity index (χ4n) is 2.09. The summed E-state index contributed by atoms with van der Waals surface area (Å²) in [5.74, 6) is 0.638. The van der Waals surface area contributed by atoms with Crippen molar-refractivity contribution >= 4 is 5.91 Å². The monoisotopic (exact) mass is 249 g/mol. The van der Waals surface area contributed by atoms with Crippen molar-refractivity contribution in [2.45, 2.75) is 25.3 Å². The highest BCUT2D eigenvalue weighted by molar-refractivity contribution is 5.96. The average molecular weight is 249 g/mol. The zero-order valence-electron chi connectivity index (χ0n) is 10.8. The fourth-order valence-corrected chi connectivity index (χ4v) is 2.09. The molecule has 0 bridgehead atoms. The van der Waals surface area contributed by atoms with Crippen molar-refractivity contribution in [2.24, 2.45) is 11.7 Å². The third kappa shape index (κ3) is 2.46. The largest absolute Gasteiger partial charge is 0.480 e. The molecular weight excluding hydrogens is 230 g/mol. The minimum Gasteiger partial charge on any atom is -0.480 e. The summed E-state index contributed by atoms with van der Waals surface area (Å²) in [6.07, 6.45) is 3.84. The summed E-state index contributed by atoms with van der Waals surface area (Å²) in [7, 11) is 1.50. The smallest absolute Gasteiger partial charge is 0.257 e. The zero-order valence-corrected chi connectivity index (χ0v) is 10.8. The number of hydrogen-bond donors (Lipinski definition) is 2. The third-order valence-electron chi connectivity index (χ3n) is 3.51. The van der Waals surface area contributed by atoms with E-state index in [0.29, 0.717) is 23.9 Å². The number of nitrogens with one attached hydrogen (secondary N) is 1. The Morgan fingerprint density at radius 1 is 1.67 bits per heavy atom. The second-order valence-electron chi connectivity index (χ2n) is 4.91. The molecule has 98 valence electrons. The summed E-state index contributed by atoms with van der Waals surface area (Å²) in [5, 5.41) is 3.01. The molecule has 0 aromatic carbocycles. The van der Waals surface area contributed by atoms with Gasteiger partial charge in [-0.3, -0.25) is 4.79 Å². The van der Waals surface area contributed by atoms with E-state index in [4.69, 9.17) is 10.5 Å². The van der Waals surface area contributed by atoms with Gasteiger partial charge in [0.2, 0.25) is 5.88 Å². The Balaban J connectivity index is 2.16. The van der Waals surface area contributed by atoms with Crippen LogP contribution in [0.3, 0.4) is 0 Å². The van der Waals surface area contributed by atoms with Crippen LogP contribution < -0.4 is 15.8 Å². The average Bonchev–Trinajstić information content (AvgIpc) is 3.23. The van der Waals surface area contributed by atoms with E-state index < -0.39 is 0 Å². The van der Waals surface area contributed by atoms with Crippen molar-refractivity contribution in [3.8, 4) is 5.88 Å². The molecule has 2 rings (SSSR count). The number of carbonyl (C=O) groups excluding carboxylic acids is 1. The van der Waals surface area contributed by atoms with Gasteiger partial charge >= 0.3 is 0 Å². The number of carbonyl (C=O) groups is 1. The van der Waals surface area contributed by atoms with E-state index in [9.17, 15) is 4.79 Å². The highest BCUT2D eigenvalue weighted by atomic mass is 16.5. The normalized spacial score (nSPS) is 17.9. The van der Waals surface area contributed by atoms with Gasteiger partial charge in [0, 0.05) is 12.7 Å². The van der Waals surface area contributed by atoms with Gasteiger partial charge < -0.3 is 15.8 Å². The number of rotatable bonds is 5. The number of amides is 1. The summed E-state index contributed by atoms with van der Waals surface area (Å²) in [6, 6.07) is 3.42. The lowest BCUT2D eigenvalue weighted by molar-refractivity contribution is 0.0894. The van der Waals surface area contributed by atoms with Crippen LogP contribution in [0.2, 0.25) is 0 Å². The van der Waals surface area contributed by atoms with E-state index in [0.717, 1.165) is 12.8 Å². The Morgan fingerprint density at radius 3 is 2.94 bits per heavy atom. The van der Waals surface area contributed by atoms with Crippen molar-refractivity contribution in [3.63, 3.8) is 0 Å². The van der Waals surface area contributed by atoms with Crippen molar-refractivity contribution in [1.82, 2.24) is 10.3 Å². The Morgan fingerprint density at radius 2 is 2.39 bits per heavy atom. The summed E-state index contributed by atoms with van der Waals surface area (Å²) >= 11 is 0. The number of methoxy groups -OCH3 is 1. The van der Waals surface area contributed by atoms with E-state index >= 15 is 0 Å². The van der Waals surface area contributed by atoms with Gasteiger partial charge in [-0.15, -0.1) is 0 Å². The Kier molecular flexibility index (Phi) is 3.52. The first-order chi connectivity index (χ1) is 8.60. The highest BCUT2D eigenvalue weighted by Gasteiger charge is 2.41. The van der Waals surface area contributed by atoms with Gasteiger partial charge in [-0.25, -0.2) is 4.98 Å². The molecule has 0 spiro atoms. The van der Waals surface area contributed by atoms with Crippen LogP contribution in [0.1, 0.15) is 30.1 Å². The van der Waals surface area contributed by atoms with Gasteiger partial charge in [0.25, 0.3) is 5.91 Å². The minimum atomic E-state index is -0.335. The molecule has 1 saturated carbocycles. The van der Waals surface area contributed by atoms with E-state index in [-0.39, 0.29) is 11.4 Å². The van der Waals surface area contributed by atoms with Crippen molar-refractivity contribution in [2.75, 3.05) is 13.7 Å². The summed E-state index contributed by atoms with van der Waals surface area (Å²) in [4.78, 5) is 16.3. The van der Waals surface area contributed by atoms with Crippen LogP contribution in [0.15, 0.2) is 18.3 Å². The van der Waals surface area contributed by atoms with E-state index in [1.807, 2.05) is 6.92 Å². The molecule has 5 heteroatoms. The minimum absolute atomic E-state index is 0.181. The molecule has 1 fully saturated rings. The molecule has 1 atom stereocenters. The lowest BCUT2D eigenvalue weighted by atomic mass is 9.95. The molecule has 1 aromatic heterocycles. The lowest BCUT2D eigenvalue weighted by Gasteiger charge is -2.29. The lowest BCUT2D eigenvalue weighted by Crippen LogP contribution is -2.53. The maximum atomic E-state index is 12.2. The van der Waals surface area contributed by atoms with Gasteiger partial charge in [0.1, 0.15) is 5.56 Å². The van der Waals surface area contributed by atoms with E-state index in [2.05, 4.69) is 10.3 Å². The topological polar surface area (TPSA) is 77.2 Å². The second-order valence-corrected chi connectivity index (χ2v) is 4.91. The van der Waals surface area contributed by atoms with Crippen LogP contribution in [0.25, 0.3) is 0 Å². The second kappa shape index (κ2) is 4.94. The maximum absolute atomic E-state index is 12.2. The first kappa shape index (κ1) is 12.8. The first-order valence-electron chi connectivity index (χ1n) is 6.12. The third-order valence-corrected chi connectivity index (χ3v) is 3.51. The van der Waals surface area contributed by atoms with Crippen LogP contribution in [-0.4, -0.2) is 30.1 Å². The van der Waals surface area contributed by atoms with Gasteiger partial charge in [-0.2, -0.15) is 0 Å². The highest BCUT2D eigenvalue weighted by Crippen LogP contribution is 2.39. The molecule has 0 aliphatic heterocycles. The quantitative estimate of drug-likeness (QED) is 0.814. The molecule has 3 N–H and O–H groups in total. The van der Waals surface area contributed by atoms with Crippen LogP contribution in [0.5, 0.6) is 5.88 Å². The summed E-state index contributed by atoms with van der Waals surface area (Å²) in [5.41, 5.74) is 5.89. The maximum Gasteiger partial charge on any atom is 0.257 e. The SMILES string of the molecule is COc1ncccc1C(=O)NC(C)(CN)C1CC1. The molecular formula is C13H19N3O2. The van der Waals surface area contributed by atoms with Gasteiger partial charge in [0.05, 0.1) is 12.6 Å². The standard InChI is InChI=1S/C13H19N3O2/c1-13(8-14,9-5-6-9)16-11(17)10-4-3-7-15-12(10)18-2/h3-4,7,9H,5-6,8,14H2,1-2H3,(H,16,17). The predicted molar refractivity (Wildman–Crippen MR) is 68.4 cm³/mol. The number of pyridine rings is 1. The molecule has 0 radical (unpaired) electrons.